The second-order valence-corrected chi connectivity index (χ2v) is 6.61. The quantitative estimate of drug-likeness (QED) is 0.637. The highest BCUT2D eigenvalue weighted by Gasteiger charge is 2.34. The molecular weight excluding hydrogens is 337 g/mol. The monoisotopic (exact) mass is 356 g/mol. The van der Waals surface area contributed by atoms with Crippen molar-refractivity contribution in [2.75, 3.05) is 6.54 Å². The van der Waals surface area contributed by atoms with Crippen molar-refractivity contribution < 1.29 is 13.2 Å². The van der Waals surface area contributed by atoms with Crippen molar-refractivity contribution in [3.63, 3.8) is 0 Å². The molecule has 26 heavy (non-hydrogen) atoms. The summed E-state index contributed by atoms with van der Waals surface area (Å²) in [5, 5.41) is 0. The smallest absolute Gasteiger partial charge is 0.319 e. The van der Waals surface area contributed by atoms with Crippen LogP contribution in [0.3, 0.4) is 0 Å². The molecule has 4 rings (SSSR count). The number of aromatic nitrogens is 1. The highest BCUT2D eigenvalue weighted by molar-refractivity contribution is 5.44. The van der Waals surface area contributed by atoms with Gasteiger partial charge in [0.1, 0.15) is 0 Å². The third-order valence-electron chi connectivity index (χ3n) is 4.90. The van der Waals surface area contributed by atoms with Gasteiger partial charge in [-0.05, 0) is 41.8 Å². The Kier molecular flexibility index (Phi) is 4.32. The van der Waals surface area contributed by atoms with Crippen LogP contribution in [-0.2, 0) is 25.7 Å². The number of nitrogens with zero attached hydrogens (tertiary/aromatic N) is 2. The van der Waals surface area contributed by atoms with Gasteiger partial charge in [0.05, 0.1) is 11.3 Å². The van der Waals surface area contributed by atoms with E-state index in [4.69, 9.17) is 0 Å². The fourth-order valence-corrected chi connectivity index (χ4v) is 3.62. The standard InChI is InChI=1S/C21H19F3N2/c22-21(23,24)19-9-3-4-10-20(19)26-12-5-8-18(26)15-25-13-11-16-6-1-2-7-17(16)14-25/h1-10,12H,11,13-15H2. The summed E-state index contributed by atoms with van der Waals surface area (Å²) in [6, 6.07) is 17.8. The first-order chi connectivity index (χ1) is 12.5. The maximum Gasteiger partial charge on any atom is 0.418 e. The Morgan fingerprint density at radius 3 is 2.38 bits per heavy atom. The number of alkyl halides is 3. The van der Waals surface area contributed by atoms with Gasteiger partial charge in [0.25, 0.3) is 0 Å². The summed E-state index contributed by atoms with van der Waals surface area (Å²) in [7, 11) is 0. The molecule has 2 nitrogen and oxygen atoms in total. The number of hydrogen-bond acceptors (Lipinski definition) is 1. The summed E-state index contributed by atoms with van der Waals surface area (Å²) in [4.78, 5) is 2.28. The molecule has 0 spiro atoms. The van der Waals surface area contributed by atoms with E-state index in [0.717, 1.165) is 31.3 Å². The van der Waals surface area contributed by atoms with Crippen molar-refractivity contribution in [3.05, 3.63) is 89.2 Å². The first kappa shape index (κ1) is 16.9. The predicted molar refractivity (Wildman–Crippen MR) is 95.0 cm³/mol. The largest absolute Gasteiger partial charge is 0.418 e. The molecule has 134 valence electrons. The van der Waals surface area contributed by atoms with Gasteiger partial charge in [0.2, 0.25) is 0 Å². The average Bonchev–Trinajstić information content (AvgIpc) is 3.09. The van der Waals surface area contributed by atoms with Crippen LogP contribution in [0.25, 0.3) is 5.69 Å². The van der Waals surface area contributed by atoms with E-state index in [1.165, 1.54) is 23.3 Å². The number of para-hydroxylation sites is 1. The van der Waals surface area contributed by atoms with E-state index < -0.39 is 11.7 Å². The van der Waals surface area contributed by atoms with Crippen LogP contribution in [0.15, 0.2) is 66.9 Å². The summed E-state index contributed by atoms with van der Waals surface area (Å²) in [5.41, 5.74) is 3.09. The number of rotatable bonds is 3. The number of benzene rings is 2. The van der Waals surface area contributed by atoms with E-state index in [1.807, 2.05) is 18.2 Å². The highest BCUT2D eigenvalue weighted by Crippen LogP contribution is 2.34. The summed E-state index contributed by atoms with van der Waals surface area (Å²) < 4.78 is 41.8. The Hall–Kier alpha value is -2.53. The van der Waals surface area contributed by atoms with Crippen molar-refractivity contribution >= 4 is 0 Å². The maximum absolute atomic E-state index is 13.4. The molecule has 5 heteroatoms. The second-order valence-electron chi connectivity index (χ2n) is 6.61. The van der Waals surface area contributed by atoms with Gasteiger partial charge in [-0.3, -0.25) is 4.90 Å². The van der Waals surface area contributed by atoms with Crippen molar-refractivity contribution in [2.45, 2.75) is 25.7 Å². The molecule has 0 saturated carbocycles. The van der Waals surface area contributed by atoms with Crippen molar-refractivity contribution in [3.8, 4) is 5.69 Å². The molecule has 0 bridgehead atoms. The molecule has 0 atom stereocenters. The van der Waals surface area contributed by atoms with Crippen LogP contribution in [0.2, 0.25) is 0 Å². The SMILES string of the molecule is FC(F)(F)c1ccccc1-n1cccc1CN1CCc2ccccc2C1. The number of hydrogen-bond donors (Lipinski definition) is 0. The highest BCUT2D eigenvalue weighted by atomic mass is 19.4. The van der Waals surface area contributed by atoms with Gasteiger partial charge in [0, 0.05) is 31.5 Å². The number of halogens is 3. The second kappa shape index (κ2) is 6.65. The molecule has 3 aromatic rings. The Bertz CT molecular complexity index is 911. The minimum absolute atomic E-state index is 0.178. The molecule has 2 aromatic carbocycles. The van der Waals surface area contributed by atoms with Crippen LogP contribution in [0, 0.1) is 0 Å². The molecule has 1 aliphatic rings. The molecule has 2 heterocycles. The lowest BCUT2D eigenvalue weighted by Crippen LogP contribution is -2.30. The molecule has 0 amide bonds. The summed E-state index contributed by atoms with van der Waals surface area (Å²) in [5.74, 6) is 0. The van der Waals surface area contributed by atoms with Gasteiger partial charge < -0.3 is 4.57 Å². The Labute approximate surface area is 150 Å². The van der Waals surface area contributed by atoms with Gasteiger partial charge >= 0.3 is 6.18 Å². The van der Waals surface area contributed by atoms with Crippen LogP contribution in [0.1, 0.15) is 22.4 Å². The normalized spacial score (nSPS) is 15.0. The minimum Gasteiger partial charge on any atom is -0.319 e. The minimum atomic E-state index is -4.37. The molecule has 0 aliphatic carbocycles. The van der Waals surface area contributed by atoms with Crippen LogP contribution in [0.4, 0.5) is 13.2 Å². The lowest BCUT2D eigenvalue weighted by molar-refractivity contribution is -0.137. The van der Waals surface area contributed by atoms with E-state index in [1.54, 1.807) is 22.9 Å². The Balaban J connectivity index is 1.62. The first-order valence-electron chi connectivity index (χ1n) is 8.64. The average molecular weight is 356 g/mol. The van der Waals surface area contributed by atoms with Crippen molar-refractivity contribution in [2.24, 2.45) is 0 Å². The molecule has 0 saturated heterocycles. The zero-order valence-electron chi connectivity index (χ0n) is 14.2. The van der Waals surface area contributed by atoms with Crippen molar-refractivity contribution in [1.82, 2.24) is 9.47 Å². The molecular formula is C21H19F3N2. The molecule has 0 N–H and O–H groups in total. The van der Waals surface area contributed by atoms with Crippen molar-refractivity contribution in [1.29, 1.82) is 0 Å². The van der Waals surface area contributed by atoms with Gasteiger partial charge in [0.15, 0.2) is 0 Å². The number of fused-ring (bicyclic) bond motifs is 1. The lowest BCUT2D eigenvalue weighted by Gasteiger charge is -2.29. The van der Waals surface area contributed by atoms with Gasteiger partial charge in [-0.2, -0.15) is 13.2 Å². The lowest BCUT2D eigenvalue weighted by atomic mass is 10.00. The van der Waals surface area contributed by atoms with Gasteiger partial charge in [-0.1, -0.05) is 36.4 Å². The zero-order valence-corrected chi connectivity index (χ0v) is 14.2. The van der Waals surface area contributed by atoms with E-state index >= 15 is 0 Å². The maximum atomic E-state index is 13.4. The molecule has 0 fully saturated rings. The Morgan fingerprint density at radius 1 is 0.846 bits per heavy atom. The van der Waals surface area contributed by atoms with Gasteiger partial charge in [-0.25, -0.2) is 0 Å². The topological polar surface area (TPSA) is 8.17 Å². The molecule has 0 unspecified atom stereocenters. The van der Waals surface area contributed by atoms with E-state index in [0.29, 0.717) is 6.54 Å². The third kappa shape index (κ3) is 3.27. The summed E-state index contributed by atoms with van der Waals surface area (Å²) in [6.45, 7) is 2.35. The predicted octanol–water partition coefficient (Wildman–Crippen LogP) is 5.05. The van der Waals surface area contributed by atoms with Gasteiger partial charge in [-0.15, -0.1) is 0 Å². The molecule has 1 aromatic heterocycles. The summed E-state index contributed by atoms with van der Waals surface area (Å²) >= 11 is 0. The zero-order chi connectivity index (χ0) is 18.1. The van der Waals surface area contributed by atoms with Crippen LogP contribution >= 0.6 is 0 Å². The summed E-state index contributed by atoms with van der Waals surface area (Å²) in [6.07, 6.45) is -1.70. The molecule has 0 radical (unpaired) electrons. The van der Waals surface area contributed by atoms with Crippen LogP contribution in [0.5, 0.6) is 0 Å². The van der Waals surface area contributed by atoms with Crippen LogP contribution in [-0.4, -0.2) is 16.0 Å². The third-order valence-corrected chi connectivity index (χ3v) is 4.90. The van der Waals surface area contributed by atoms with Crippen LogP contribution < -0.4 is 0 Å². The van der Waals surface area contributed by atoms with E-state index in [9.17, 15) is 13.2 Å². The fraction of sp³-hybridized carbons (Fsp3) is 0.238. The molecule has 1 aliphatic heterocycles. The Morgan fingerprint density at radius 2 is 1.58 bits per heavy atom. The fourth-order valence-electron chi connectivity index (χ4n) is 3.62. The van der Waals surface area contributed by atoms with E-state index in [2.05, 4.69) is 17.0 Å². The first-order valence-corrected chi connectivity index (χ1v) is 8.64. The van der Waals surface area contributed by atoms with E-state index in [-0.39, 0.29) is 5.69 Å².